The molecule has 4 aromatic rings. The minimum Gasteiger partial charge on any atom is -0.497 e. The second-order valence-electron chi connectivity index (χ2n) is 7.23. The van der Waals surface area contributed by atoms with Crippen molar-refractivity contribution < 1.29 is 13.9 Å². The molecule has 1 amide bonds. The van der Waals surface area contributed by atoms with Gasteiger partial charge in [-0.1, -0.05) is 49.0 Å². The average Bonchev–Trinajstić information content (AvgIpc) is 3.48. The Morgan fingerprint density at radius 3 is 2.67 bits per heavy atom. The molecule has 0 unspecified atom stereocenters. The van der Waals surface area contributed by atoms with E-state index in [-0.39, 0.29) is 5.91 Å². The SMILES string of the molecule is CCc1ccccc1N(C(C)=O)c1nc(CSc2nnc(Cc3ccc(OC)cc3)o2)cs1. The molecule has 170 valence electrons. The minimum atomic E-state index is -0.0653. The Hall–Kier alpha value is -3.17. The Balaban J connectivity index is 1.41. The third-order valence-corrected chi connectivity index (χ3v) is 6.69. The smallest absolute Gasteiger partial charge is 0.276 e. The highest BCUT2D eigenvalue weighted by Crippen LogP contribution is 2.33. The van der Waals surface area contributed by atoms with E-state index in [4.69, 9.17) is 14.1 Å². The van der Waals surface area contributed by atoms with Crippen molar-refractivity contribution in [2.24, 2.45) is 0 Å². The highest BCUT2D eigenvalue weighted by atomic mass is 32.2. The van der Waals surface area contributed by atoms with Gasteiger partial charge in [0.15, 0.2) is 5.13 Å². The van der Waals surface area contributed by atoms with Crippen molar-refractivity contribution in [2.45, 2.75) is 37.7 Å². The van der Waals surface area contributed by atoms with E-state index >= 15 is 0 Å². The maximum Gasteiger partial charge on any atom is 0.276 e. The third kappa shape index (κ3) is 5.61. The summed E-state index contributed by atoms with van der Waals surface area (Å²) in [5.41, 5.74) is 3.90. The number of benzene rings is 2. The van der Waals surface area contributed by atoms with E-state index in [1.54, 1.807) is 18.9 Å². The molecule has 4 rings (SSSR count). The van der Waals surface area contributed by atoms with E-state index in [9.17, 15) is 4.79 Å². The van der Waals surface area contributed by atoms with E-state index in [2.05, 4.69) is 17.1 Å². The molecule has 0 aliphatic heterocycles. The zero-order valence-corrected chi connectivity index (χ0v) is 20.3. The van der Waals surface area contributed by atoms with Crippen molar-refractivity contribution in [1.29, 1.82) is 0 Å². The van der Waals surface area contributed by atoms with Crippen molar-refractivity contribution in [3.8, 4) is 5.75 Å². The molecule has 0 spiro atoms. The summed E-state index contributed by atoms with van der Waals surface area (Å²) >= 11 is 2.88. The fraction of sp³-hybridized carbons (Fsp3) is 0.250. The number of rotatable bonds is 9. The normalized spacial score (nSPS) is 10.9. The predicted molar refractivity (Wildman–Crippen MR) is 130 cm³/mol. The standard InChI is InChI=1S/C24H24N4O3S2/c1-4-18-7-5-6-8-21(18)28(16(2)29)23-25-19(14-32-23)15-33-24-27-26-22(31-24)13-17-9-11-20(30-3)12-10-17/h5-12,14H,4,13,15H2,1-3H3. The van der Waals surface area contributed by atoms with Crippen LogP contribution in [-0.2, 0) is 23.4 Å². The molecule has 0 atom stereocenters. The molecule has 0 aliphatic carbocycles. The highest BCUT2D eigenvalue weighted by molar-refractivity contribution is 7.98. The lowest BCUT2D eigenvalue weighted by Gasteiger charge is -2.20. The van der Waals surface area contributed by atoms with Crippen LogP contribution in [0.5, 0.6) is 5.75 Å². The number of anilines is 2. The number of carbonyl (C=O) groups is 1. The number of hydrogen-bond acceptors (Lipinski definition) is 8. The molecule has 0 fully saturated rings. The summed E-state index contributed by atoms with van der Waals surface area (Å²) in [5.74, 6) is 1.87. The lowest BCUT2D eigenvalue weighted by molar-refractivity contribution is -0.115. The third-order valence-electron chi connectivity index (χ3n) is 4.97. The number of aryl methyl sites for hydroxylation is 1. The number of ether oxygens (including phenoxy) is 1. The van der Waals surface area contributed by atoms with Crippen LogP contribution in [0.1, 0.15) is 36.6 Å². The van der Waals surface area contributed by atoms with Crippen LogP contribution >= 0.6 is 23.1 Å². The Morgan fingerprint density at radius 2 is 1.94 bits per heavy atom. The molecular formula is C24H24N4O3S2. The molecule has 0 radical (unpaired) electrons. The van der Waals surface area contributed by atoms with Crippen LogP contribution in [0, 0.1) is 0 Å². The van der Waals surface area contributed by atoms with Crippen LogP contribution in [0.25, 0.3) is 0 Å². The fourth-order valence-corrected chi connectivity index (χ4v) is 4.98. The van der Waals surface area contributed by atoms with Gasteiger partial charge in [0.1, 0.15) is 5.75 Å². The largest absolute Gasteiger partial charge is 0.497 e. The van der Waals surface area contributed by atoms with Crippen molar-refractivity contribution in [2.75, 3.05) is 12.0 Å². The van der Waals surface area contributed by atoms with Crippen LogP contribution in [0.4, 0.5) is 10.8 Å². The molecule has 0 N–H and O–H groups in total. The Labute approximate surface area is 200 Å². The maximum absolute atomic E-state index is 12.4. The molecule has 0 aliphatic rings. The monoisotopic (exact) mass is 480 g/mol. The molecule has 2 aromatic carbocycles. The van der Waals surface area contributed by atoms with Gasteiger partial charge in [0.25, 0.3) is 5.22 Å². The summed E-state index contributed by atoms with van der Waals surface area (Å²) in [6.45, 7) is 3.64. The number of methoxy groups -OCH3 is 1. The molecule has 7 nitrogen and oxygen atoms in total. The van der Waals surface area contributed by atoms with E-state index in [0.717, 1.165) is 34.7 Å². The lowest BCUT2D eigenvalue weighted by atomic mass is 10.1. The first-order valence-corrected chi connectivity index (χ1v) is 12.3. The van der Waals surface area contributed by atoms with E-state index < -0.39 is 0 Å². The minimum absolute atomic E-state index is 0.0653. The number of carbonyl (C=O) groups excluding carboxylic acids is 1. The van der Waals surface area contributed by atoms with Crippen LogP contribution in [0.2, 0.25) is 0 Å². The zero-order valence-electron chi connectivity index (χ0n) is 18.6. The summed E-state index contributed by atoms with van der Waals surface area (Å²) in [6, 6.07) is 15.7. The summed E-state index contributed by atoms with van der Waals surface area (Å²) in [4.78, 5) is 18.8. The van der Waals surface area contributed by atoms with Crippen molar-refractivity contribution in [3.63, 3.8) is 0 Å². The van der Waals surface area contributed by atoms with Gasteiger partial charge in [-0.2, -0.15) is 0 Å². The van der Waals surface area contributed by atoms with E-state index in [1.165, 1.54) is 23.1 Å². The molecule has 0 saturated carbocycles. The van der Waals surface area contributed by atoms with Gasteiger partial charge in [0.2, 0.25) is 11.8 Å². The van der Waals surface area contributed by atoms with Crippen molar-refractivity contribution in [3.05, 3.63) is 76.6 Å². The van der Waals surface area contributed by atoms with Gasteiger partial charge in [-0.15, -0.1) is 21.5 Å². The highest BCUT2D eigenvalue weighted by Gasteiger charge is 2.20. The van der Waals surface area contributed by atoms with Gasteiger partial charge in [0.05, 0.1) is 24.9 Å². The fourth-order valence-electron chi connectivity index (χ4n) is 3.32. The number of thiazole rings is 1. The molecule has 2 heterocycles. The topological polar surface area (TPSA) is 81.4 Å². The van der Waals surface area contributed by atoms with Crippen LogP contribution in [0.3, 0.4) is 0 Å². The number of thioether (sulfide) groups is 1. The average molecular weight is 481 g/mol. The van der Waals surface area contributed by atoms with E-state index in [0.29, 0.717) is 28.4 Å². The summed E-state index contributed by atoms with van der Waals surface area (Å²) in [7, 11) is 1.64. The van der Waals surface area contributed by atoms with Crippen molar-refractivity contribution in [1.82, 2.24) is 15.2 Å². The van der Waals surface area contributed by atoms with Gasteiger partial charge in [0, 0.05) is 18.1 Å². The molecule has 0 saturated heterocycles. The van der Waals surface area contributed by atoms with Gasteiger partial charge >= 0.3 is 0 Å². The number of amides is 1. The summed E-state index contributed by atoms with van der Waals surface area (Å²) in [6.07, 6.45) is 1.40. The summed E-state index contributed by atoms with van der Waals surface area (Å²) < 4.78 is 11.0. The Bertz CT molecular complexity index is 1220. The van der Waals surface area contributed by atoms with Crippen LogP contribution in [0.15, 0.2) is 63.6 Å². The quantitative estimate of drug-likeness (QED) is 0.286. The first-order valence-electron chi connectivity index (χ1n) is 10.5. The number of para-hydroxylation sites is 1. The molecule has 2 aromatic heterocycles. The first-order chi connectivity index (χ1) is 16.1. The number of aromatic nitrogens is 3. The van der Waals surface area contributed by atoms with Crippen molar-refractivity contribution >= 4 is 39.8 Å². The Morgan fingerprint density at radius 1 is 1.15 bits per heavy atom. The predicted octanol–water partition coefficient (Wildman–Crippen LogP) is 5.66. The van der Waals surface area contributed by atoms with Crippen LogP contribution < -0.4 is 9.64 Å². The van der Waals surface area contributed by atoms with E-state index in [1.807, 2.05) is 53.9 Å². The molecule has 33 heavy (non-hydrogen) atoms. The molecular weight excluding hydrogens is 456 g/mol. The maximum atomic E-state index is 12.4. The number of hydrogen-bond donors (Lipinski definition) is 0. The van der Waals surface area contributed by atoms with Gasteiger partial charge < -0.3 is 9.15 Å². The van der Waals surface area contributed by atoms with Gasteiger partial charge in [-0.05, 0) is 35.7 Å². The first kappa shape index (κ1) is 23.0. The molecule has 9 heteroatoms. The Kier molecular flexibility index (Phi) is 7.41. The number of nitrogens with zero attached hydrogens (tertiary/aromatic N) is 4. The summed E-state index contributed by atoms with van der Waals surface area (Å²) in [5, 5.41) is 11.4. The zero-order chi connectivity index (χ0) is 23.2. The van der Waals surface area contributed by atoms with Gasteiger partial charge in [-0.25, -0.2) is 4.98 Å². The second kappa shape index (κ2) is 10.6. The van der Waals surface area contributed by atoms with Gasteiger partial charge in [-0.3, -0.25) is 9.69 Å². The van der Waals surface area contributed by atoms with Crippen LogP contribution in [-0.4, -0.2) is 28.2 Å². The lowest BCUT2D eigenvalue weighted by Crippen LogP contribution is -2.23. The second-order valence-corrected chi connectivity index (χ2v) is 9.00. The molecule has 0 bridgehead atoms.